The molecule has 0 aliphatic heterocycles. The van der Waals surface area contributed by atoms with Gasteiger partial charge in [0.2, 0.25) is 5.95 Å². The Morgan fingerprint density at radius 2 is 2.09 bits per heavy atom. The number of pyridine rings is 2. The molecule has 3 aromatic heterocycles. The normalized spacial score (nSPS) is 11.0. The Morgan fingerprint density at radius 3 is 2.87 bits per heavy atom. The van der Waals surface area contributed by atoms with Gasteiger partial charge in [-0.2, -0.15) is 0 Å². The number of fused-ring (bicyclic) bond motifs is 1. The lowest BCUT2D eigenvalue weighted by Crippen LogP contribution is -2.21. The number of unbranched alkanes of at least 4 members (excludes halogenated alkanes) is 1. The van der Waals surface area contributed by atoms with Crippen molar-refractivity contribution in [3.05, 3.63) is 52.7 Å². The second-order valence-electron chi connectivity index (χ2n) is 5.65. The van der Waals surface area contributed by atoms with Gasteiger partial charge in [-0.3, -0.25) is 9.78 Å². The summed E-state index contributed by atoms with van der Waals surface area (Å²) in [6, 6.07) is 7.29. The van der Waals surface area contributed by atoms with Crippen LogP contribution >= 0.6 is 0 Å². The lowest BCUT2D eigenvalue weighted by molar-refractivity contribution is 0.590. The number of imidazole rings is 1. The second kappa shape index (κ2) is 6.64. The number of aryl methyl sites for hydroxylation is 2. The molecule has 0 aromatic carbocycles. The highest BCUT2D eigenvalue weighted by Gasteiger charge is 2.06. The monoisotopic (exact) mass is 311 g/mol. The minimum atomic E-state index is 0.0702. The molecule has 3 rings (SSSR count). The molecule has 0 spiro atoms. The molecule has 6 heteroatoms. The fourth-order valence-electron chi connectivity index (χ4n) is 2.70. The van der Waals surface area contributed by atoms with E-state index in [-0.39, 0.29) is 5.56 Å². The van der Waals surface area contributed by atoms with Crippen LogP contribution in [0.5, 0.6) is 0 Å². The molecule has 1 N–H and O–H groups in total. The molecule has 3 heterocycles. The minimum absolute atomic E-state index is 0.0702. The zero-order valence-corrected chi connectivity index (χ0v) is 13.5. The smallest absolute Gasteiger partial charge is 0.250 e. The molecular formula is C17H21N5O. The summed E-state index contributed by atoms with van der Waals surface area (Å²) in [6.07, 6.45) is 5.49. The Morgan fingerprint density at radius 1 is 1.22 bits per heavy atom. The molecule has 0 fully saturated rings. The van der Waals surface area contributed by atoms with Gasteiger partial charge < -0.3 is 14.5 Å². The summed E-state index contributed by atoms with van der Waals surface area (Å²) in [7, 11) is 1.98. The molecule has 0 bridgehead atoms. The van der Waals surface area contributed by atoms with E-state index in [0.717, 1.165) is 48.6 Å². The van der Waals surface area contributed by atoms with E-state index in [0.29, 0.717) is 0 Å². The summed E-state index contributed by atoms with van der Waals surface area (Å²) in [4.78, 5) is 20.5. The standard InChI is InChI=1S/C17H21N5O/c1-13-6-5-7-16(23)22(13)11-4-3-9-19-17-20-14-8-10-18-12-15(14)21(17)2/h5-8,10,12H,3-4,9,11H2,1-2H3,(H,19,20). The number of hydrogen-bond acceptors (Lipinski definition) is 4. The van der Waals surface area contributed by atoms with Gasteiger partial charge in [0.05, 0.1) is 17.2 Å². The predicted octanol–water partition coefficient (Wildman–Crippen LogP) is 2.33. The van der Waals surface area contributed by atoms with Crippen molar-refractivity contribution >= 4 is 17.0 Å². The molecule has 0 radical (unpaired) electrons. The van der Waals surface area contributed by atoms with Crippen LogP contribution in [0.1, 0.15) is 18.5 Å². The molecule has 0 saturated carbocycles. The summed E-state index contributed by atoms with van der Waals surface area (Å²) in [5, 5.41) is 3.35. The predicted molar refractivity (Wildman–Crippen MR) is 91.7 cm³/mol. The van der Waals surface area contributed by atoms with E-state index >= 15 is 0 Å². The number of rotatable bonds is 6. The first-order chi connectivity index (χ1) is 11.2. The third-order valence-corrected chi connectivity index (χ3v) is 4.04. The van der Waals surface area contributed by atoms with E-state index in [2.05, 4.69) is 15.3 Å². The molecule has 120 valence electrons. The third kappa shape index (κ3) is 3.26. The molecule has 0 saturated heterocycles. The first-order valence-electron chi connectivity index (χ1n) is 7.83. The molecule has 0 amide bonds. The molecule has 6 nitrogen and oxygen atoms in total. The summed E-state index contributed by atoms with van der Waals surface area (Å²) in [6.45, 7) is 3.54. The van der Waals surface area contributed by atoms with Gasteiger partial charge in [0.1, 0.15) is 0 Å². The fourth-order valence-corrected chi connectivity index (χ4v) is 2.70. The molecule has 23 heavy (non-hydrogen) atoms. The van der Waals surface area contributed by atoms with Crippen molar-refractivity contribution in [3.8, 4) is 0 Å². The Balaban J connectivity index is 1.53. The van der Waals surface area contributed by atoms with Crippen molar-refractivity contribution in [1.82, 2.24) is 19.1 Å². The Labute approximate surface area is 134 Å². The van der Waals surface area contributed by atoms with Gasteiger partial charge in [-0.1, -0.05) is 6.07 Å². The van der Waals surface area contributed by atoms with Gasteiger partial charge >= 0.3 is 0 Å². The Hall–Kier alpha value is -2.63. The van der Waals surface area contributed by atoms with Gasteiger partial charge in [-0.05, 0) is 31.9 Å². The van der Waals surface area contributed by atoms with Gasteiger partial charge in [-0.15, -0.1) is 0 Å². The first-order valence-corrected chi connectivity index (χ1v) is 7.83. The van der Waals surface area contributed by atoms with Crippen molar-refractivity contribution in [2.75, 3.05) is 11.9 Å². The summed E-state index contributed by atoms with van der Waals surface area (Å²) >= 11 is 0. The SMILES string of the molecule is Cc1cccc(=O)n1CCCCNc1nc2ccncc2n1C. The lowest BCUT2D eigenvalue weighted by atomic mass is 10.3. The minimum Gasteiger partial charge on any atom is -0.356 e. The molecular weight excluding hydrogens is 290 g/mol. The van der Waals surface area contributed by atoms with E-state index in [1.54, 1.807) is 18.3 Å². The zero-order chi connectivity index (χ0) is 16.2. The molecule has 0 aliphatic carbocycles. The topological polar surface area (TPSA) is 64.7 Å². The van der Waals surface area contributed by atoms with E-state index in [9.17, 15) is 4.79 Å². The van der Waals surface area contributed by atoms with E-state index in [4.69, 9.17) is 0 Å². The van der Waals surface area contributed by atoms with Crippen LogP contribution in [0.4, 0.5) is 5.95 Å². The number of hydrogen-bond donors (Lipinski definition) is 1. The largest absolute Gasteiger partial charge is 0.356 e. The van der Waals surface area contributed by atoms with Gasteiger partial charge in [0.15, 0.2) is 0 Å². The van der Waals surface area contributed by atoms with Crippen molar-refractivity contribution in [2.24, 2.45) is 7.05 Å². The van der Waals surface area contributed by atoms with Crippen LogP contribution in [0.2, 0.25) is 0 Å². The van der Waals surface area contributed by atoms with Crippen LogP contribution < -0.4 is 10.9 Å². The average Bonchev–Trinajstić information content (AvgIpc) is 2.86. The summed E-state index contributed by atoms with van der Waals surface area (Å²) < 4.78 is 3.83. The Bertz CT molecular complexity index is 865. The van der Waals surface area contributed by atoms with E-state index in [1.807, 2.05) is 41.4 Å². The molecule has 3 aromatic rings. The third-order valence-electron chi connectivity index (χ3n) is 4.04. The zero-order valence-electron chi connectivity index (χ0n) is 13.5. The second-order valence-corrected chi connectivity index (χ2v) is 5.65. The van der Waals surface area contributed by atoms with Crippen LogP contribution in [0.3, 0.4) is 0 Å². The van der Waals surface area contributed by atoms with Gasteiger partial charge in [0, 0.05) is 38.1 Å². The number of anilines is 1. The van der Waals surface area contributed by atoms with Crippen molar-refractivity contribution < 1.29 is 0 Å². The number of nitrogens with one attached hydrogen (secondary N) is 1. The first kappa shape index (κ1) is 15.3. The highest BCUT2D eigenvalue weighted by Crippen LogP contribution is 2.16. The van der Waals surface area contributed by atoms with E-state index < -0.39 is 0 Å². The van der Waals surface area contributed by atoms with Crippen LogP contribution in [-0.2, 0) is 13.6 Å². The number of nitrogens with zero attached hydrogens (tertiary/aromatic N) is 4. The van der Waals surface area contributed by atoms with Crippen molar-refractivity contribution in [1.29, 1.82) is 0 Å². The molecule has 0 aliphatic rings. The van der Waals surface area contributed by atoms with Crippen molar-refractivity contribution in [2.45, 2.75) is 26.3 Å². The van der Waals surface area contributed by atoms with Crippen LogP contribution in [-0.4, -0.2) is 25.6 Å². The van der Waals surface area contributed by atoms with Crippen LogP contribution in [0.25, 0.3) is 11.0 Å². The average molecular weight is 311 g/mol. The maximum atomic E-state index is 11.8. The maximum Gasteiger partial charge on any atom is 0.250 e. The van der Waals surface area contributed by atoms with Crippen LogP contribution in [0, 0.1) is 6.92 Å². The highest BCUT2D eigenvalue weighted by atomic mass is 16.1. The summed E-state index contributed by atoms with van der Waals surface area (Å²) in [5.41, 5.74) is 3.03. The van der Waals surface area contributed by atoms with Crippen molar-refractivity contribution in [3.63, 3.8) is 0 Å². The van der Waals surface area contributed by atoms with Crippen LogP contribution in [0.15, 0.2) is 41.5 Å². The van der Waals surface area contributed by atoms with Gasteiger partial charge in [0.25, 0.3) is 5.56 Å². The molecule has 0 unspecified atom stereocenters. The summed E-state index contributed by atoms with van der Waals surface area (Å²) in [5.74, 6) is 0.848. The van der Waals surface area contributed by atoms with Gasteiger partial charge in [-0.25, -0.2) is 4.98 Å². The quantitative estimate of drug-likeness (QED) is 0.710. The Kier molecular flexibility index (Phi) is 4.41. The number of aromatic nitrogens is 4. The van der Waals surface area contributed by atoms with E-state index in [1.165, 1.54) is 0 Å². The highest BCUT2D eigenvalue weighted by molar-refractivity contribution is 5.77. The maximum absolute atomic E-state index is 11.8. The fraction of sp³-hybridized carbons (Fsp3) is 0.353. The molecule has 0 atom stereocenters. The lowest BCUT2D eigenvalue weighted by Gasteiger charge is -2.10.